The van der Waals surface area contributed by atoms with Gasteiger partial charge in [0.1, 0.15) is 0 Å². The molecule has 0 aliphatic heterocycles. The standard InChI is InChI=1S/C12H8N2O4S2/c15-11(16)7-1-3-13-5-9(7)19-20-10-6-14-4-2-8(10)12(17)18/h1-6H,(H,15,16)(H,17,18). The van der Waals surface area contributed by atoms with Crippen molar-refractivity contribution in [3.05, 3.63) is 48.0 Å². The maximum atomic E-state index is 11.1. The van der Waals surface area contributed by atoms with E-state index in [2.05, 4.69) is 9.97 Å². The largest absolute Gasteiger partial charge is 0.478 e. The average Bonchev–Trinajstić information content (AvgIpc) is 2.45. The number of hydrogen-bond donors (Lipinski definition) is 2. The SMILES string of the molecule is O=C(O)c1ccncc1SSc1cnccc1C(=O)O. The molecule has 0 aliphatic rings. The first-order valence-electron chi connectivity index (χ1n) is 5.28. The van der Waals surface area contributed by atoms with E-state index in [1.807, 2.05) is 0 Å². The molecule has 20 heavy (non-hydrogen) atoms. The number of rotatable bonds is 5. The lowest BCUT2D eigenvalue weighted by Gasteiger charge is -2.06. The maximum absolute atomic E-state index is 11.1. The quantitative estimate of drug-likeness (QED) is 0.813. The highest BCUT2D eigenvalue weighted by Gasteiger charge is 2.14. The molecule has 2 aromatic rings. The van der Waals surface area contributed by atoms with Crippen molar-refractivity contribution in [2.75, 3.05) is 0 Å². The first kappa shape index (κ1) is 14.4. The molecule has 102 valence electrons. The molecule has 0 radical (unpaired) electrons. The predicted octanol–water partition coefficient (Wildman–Crippen LogP) is 2.67. The van der Waals surface area contributed by atoms with Crippen LogP contribution in [0.1, 0.15) is 20.7 Å². The summed E-state index contributed by atoms with van der Waals surface area (Å²) in [5.41, 5.74) is 0.247. The topological polar surface area (TPSA) is 100 Å². The van der Waals surface area contributed by atoms with E-state index in [4.69, 9.17) is 10.2 Å². The van der Waals surface area contributed by atoms with E-state index in [0.717, 1.165) is 21.6 Å². The molecule has 0 amide bonds. The van der Waals surface area contributed by atoms with Gasteiger partial charge in [-0.1, -0.05) is 0 Å². The number of carboxylic acids is 2. The highest BCUT2D eigenvalue weighted by Crippen LogP contribution is 2.39. The lowest BCUT2D eigenvalue weighted by Crippen LogP contribution is -1.99. The van der Waals surface area contributed by atoms with Crippen LogP contribution in [0.4, 0.5) is 0 Å². The molecule has 0 spiro atoms. The summed E-state index contributed by atoms with van der Waals surface area (Å²) in [7, 11) is 2.26. The summed E-state index contributed by atoms with van der Waals surface area (Å²) in [4.78, 5) is 30.7. The molecule has 0 saturated carbocycles. The fourth-order valence-electron chi connectivity index (χ4n) is 1.34. The molecule has 0 bridgehead atoms. The van der Waals surface area contributed by atoms with E-state index >= 15 is 0 Å². The third kappa shape index (κ3) is 3.28. The molecular weight excluding hydrogens is 300 g/mol. The average molecular weight is 308 g/mol. The minimum Gasteiger partial charge on any atom is -0.478 e. The molecule has 0 saturated heterocycles. The second-order valence-electron chi connectivity index (χ2n) is 3.52. The van der Waals surface area contributed by atoms with Gasteiger partial charge in [0, 0.05) is 24.8 Å². The molecule has 0 aromatic carbocycles. The van der Waals surface area contributed by atoms with Gasteiger partial charge >= 0.3 is 11.9 Å². The second kappa shape index (κ2) is 6.40. The number of hydrogen-bond acceptors (Lipinski definition) is 6. The van der Waals surface area contributed by atoms with Crippen LogP contribution in [0.25, 0.3) is 0 Å². The van der Waals surface area contributed by atoms with Gasteiger partial charge in [0.15, 0.2) is 0 Å². The number of aromatic nitrogens is 2. The van der Waals surface area contributed by atoms with E-state index in [-0.39, 0.29) is 11.1 Å². The minimum atomic E-state index is -1.06. The van der Waals surface area contributed by atoms with E-state index in [0.29, 0.717) is 9.79 Å². The van der Waals surface area contributed by atoms with Crippen LogP contribution < -0.4 is 0 Å². The molecule has 2 aromatic heterocycles. The Kier molecular flexibility index (Phi) is 4.59. The van der Waals surface area contributed by atoms with Crippen molar-refractivity contribution in [3.63, 3.8) is 0 Å². The predicted molar refractivity (Wildman–Crippen MR) is 74.1 cm³/mol. The van der Waals surface area contributed by atoms with Crippen LogP contribution in [0.2, 0.25) is 0 Å². The van der Waals surface area contributed by atoms with Crippen molar-refractivity contribution in [2.45, 2.75) is 9.79 Å². The van der Waals surface area contributed by atoms with Gasteiger partial charge in [-0.15, -0.1) is 0 Å². The van der Waals surface area contributed by atoms with Crippen molar-refractivity contribution in [2.24, 2.45) is 0 Å². The number of carboxylic acid groups (broad SMARTS) is 2. The molecule has 6 nitrogen and oxygen atoms in total. The monoisotopic (exact) mass is 308 g/mol. The van der Waals surface area contributed by atoms with Crippen molar-refractivity contribution in [3.8, 4) is 0 Å². The van der Waals surface area contributed by atoms with Gasteiger partial charge in [-0.05, 0) is 33.7 Å². The Hall–Kier alpha value is -2.06. The summed E-state index contributed by atoms with van der Waals surface area (Å²) in [6, 6.07) is 2.79. The Morgan fingerprint density at radius 3 is 1.60 bits per heavy atom. The zero-order valence-corrected chi connectivity index (χ0v) is 11.5. The van der Waals surface area contributed by atoms with Crippen molar-refractivity contribution in [1.29, 1.82) is 0 Å². The minimum absolute atomic E-state index is 0.123. The summed E-state index contributed by atoms with van der Waals surface area (Å²) in [6.07, 6.45) is 5.64. The summed E-state index contributed by atoms with van der Waals surface area (Å²) < 4.78 is 0. The molecule has 2 heterocycles. The molecule has 2 rings (SSSR count). The summed E-state index contributed by atoms with van der Waals surface area (Å²) >= 11 is 0. The Morgan fingerprint density at radius 2 is 1.25 bits per heavy atom. The van der Waals surface area contributed by atoms with Gasteiger partial charge < -0.3 is 10.2 Å². The Morgan fingerprint density at radius 1 is 0.850 bits per heavy atom. The second-order valence-corrected chi connectivity index (χ2v) is 5.73. The third-order valence-electron chi connectivity index (χ3n) is 2.25. The third-order valence-corrected chi connectivity index (χ3v) is 4.67. The summed E-state index contributed by atoms with van der Waals surface area (Å²) in [5, 5.41) is 18.1. The summed E-state index contributed by atoms with van der Waals surface area (Å²) in [6.45, 7) is 0. The Balaban J connectivity index is 2.22. The van der Waals surface area contributed by atoms with Crippen LogP contribution in [0, 0.1) is 0 Å². The molecule has 0 unspecified atom stereocenters. The maximum Gasteiger partial charge on any atom is 0.336 e. The van der Waals surface area contributed by atoms with Crippen molar-refractivity contribution in [1.82, 2.24) is 9.97 Å². The van der Waals surface area contributed by atoms with E-state index < -0.39 is 11.9 Å². The molecule has 0 atom stereocenters. The van der Waals surface area contributed by atoms with Crippen LogP contribution >= 0.6 is 21.6 Å². The molecule has 0 fully saturated rings. The molecule has 8 heteroatoms. The summed E-state index contributed by atoms with van der Waals surface area (Å²) in [5.74, 6) is -2.11. The molecule has 0 aliphatic carbocycles. The first-order valence-corrected chi connectivity index (χ1v) is 7.43. The smallest absolute Gasteiger partial charge is 0.336 e. The number of carbonyl (C=O) groups is 2. The van der Waals surface area contributed by atoms with E-state index in [1.165, 1.54) is 36.9 Å². The number of nitrogens with zero attached hydrogens (tertiary/aromatic N) is 2. The molecular formula is C12H8N2O4S2. The van der Waals surface area contributed by atoms with Crippen LogP contribution in [0.5, 0.6) is 0 Å². The lowest BCUT2D eigenvalue weighted by atomic mass is 10.3. The molecule has 2 N–H and O–H groups in total. The Bertz CT molecular complexity index is 606. The van der Waals surface area contributed by atoms with Gasteiger partial charge in [0.25, 0.3) is 0 Å². The van der Waals surface area contributed by atoms with Crippen molar-refractivity contribution >= 4 is 33.5 Å². The van der Waals surface area contributed by atoms with Gasteiger partial charge in [-0.2, -0.15) is 0 Å². The van der Waals surface area contributed by atoms with Crippen LogP contribution in [0.3, 0.4) is 0 Å². The van der Waals surface area contributed by atoms with E-state index in [9.17, 15) is 9.59 Å². The van der Waals surface area contributed by atoms with Gasteiger partial charge in [-0.3, -0.25) is 9.97 Å². The van der Waals surface area contributed by atoms with Gasteiger partial charge in [-0.25, -0.2) is 9.59 Å². The van der Waals surface area contributed by atoms with Crippen LogP contribution in [-0.2, 0) is 0 Å². The highest BCUT2D eigenvalue weighted by molar-refractivity contribution is 8.76. The highest BCUT2D eigenvalue weighted by atomic mass is 33.1. The van der Waals surface area contributed by atoms with Crippen molar-refractivity contribution < 1.29 is 19.8 Å². The Labute approximate surface area is 121 Å². The first-order chi connectivity index (χ1) is 9.59. The zero-order chi connectivity index (χ0) is 14.5. The van der Waals surface area contributed by atoms with E-state index in [1.54, 1.807) is 0 Å². The van der Waals surface area contributed by atoms with Gasteiger partial charge in [0.05, 0.1) is 20.9 Å². The van der Waals surface area contributed by atoms with Crippen LogP contribution in [0.15, 0.2) is 46.7 Å². The number of pyridine rings is 2. The fourth-order valence-corrected chi connectivity index (χ4v) is 3.55. The van der Waals surface area contributed by atoms with Crippen LogP contribution in [-0.4, -0.2) is 32.1 Å². The number of aromatic carboxylic acids is 2. The zero-order valence-electron chi connectivity index (χ0n) is 9.89. The van der Waals surface area contributed by atoms with Gasteiger partial charge in [0.2, 0.25) is 0 Å². The lowest BCUT2D eigenvalue weighted by molar-refractivity contribution is 0.0682. The fraction of sp³-hybridized carbons (Fsp3) is 0. The normalized spacial score (nSPS) is 10.2.